The van der Waals surface area contributed by atoms with Crippen molar-refractivity contribution in [1.29, 1.82) is 0 Å². The Kier molecular flexibility index (Phi) is 3.97. The molecule has 2 heterocycles. The molecule has 0 unspecified atom stereocenters. The summed E-state index contributed by atoms with van der Waals surface area (Å²) >= 11 is 5.97. The maximum absolute atomic E-state index is 8.70. The van der Waals surface area contributed by atoms with Crippen molar-refractivity contribution < 1.29 is 4.74 Å². The maximum atomic E-state index is 8.70. The van der Waals surface area contributed by atoms with Crippen LogP contribution in [0.4, 0.5) is 0 Å². The van der Waals surface area contributed by atoms with Gasteiger partial charge in [0.15, 0.2) is 0 Å². The summed E-state index contributed by atoms with van der Waals surface area (Å²) in [7, 11) is 0. The third-order valence-corrected chi connectivity index (χ3v) is 3.14. The molecule has 0 aliphatic heterocycles. The number of hydrogen-bond acceptors (Lipinski definition) is 4. The molecule has 0 aliphatic carbocycles. The molecule has 0 fully saturated rings. The van der Waals surface area contributed by atoms with E-state index in [-0.39, 0.29) is 0 Å². The number of fused-ring (bicyclic) bond motifs is 1. The molecule has 104 valence electrons. The molecular weight excluding hydrogens is 278 g/mol. The molecule has 2 aromatic rings. The summed E-state index contributed by atoms with van der Waals surface area (Å²) in [6.07, 6.45) is 3.27. The number of halogens is 1. The maximum Gasteiger partial charge on any atom is 0.222 e. The van der Waals surface area contributed by atoms with Crippen LogP contribution < -0.4 is 4.74 Å². The lowest BCUT2D eigenvalue weighted by molar-refractivity contribution is 0.331. The van der Waals surface area contributed by atoms with E-state index < -0.39 is 5.54 Å². The van der Waals surface area contributed by atoms with Crippen LogP contribution in [0, 0.1) is 0 Å². The smallest absolute Gasteiger partial charge is 0.222 e. The van der Waals surface area contributed by atoms with E-state index in [9.17, 15) is 0 Å². The lowest BCUT2D eigenvalue weighted by Crippen LogP contribution is -2.14. The Bertz CT molecular complexity index is 694. The van der Waals surface area contributed by atoms with Gasteiger partial charge in [-0.15, -0.1) is 0 Å². The van der Waals surface area contributed by atoms with E-state index in [0.717, 1.165) is 16.3 Å². The number of pyridine rings is 2. The van der Waals surface area contributed by atoms with Gasteiger partial charge in [0, 0.05) is 17.3 Å². The molecule has 2 rings (SSSR count). The van der Waals surface area contributed by atoms with Gasteiger partial charge in [-0.25, -0.2) is 9.97 Å². The van der Waals surface area contributed by atoms with Crippen LogP contribution in [0.5, 0.6) is 5.88 Å². The number of aromatic nitrogens is 2. The van der Waals surface area contributed by atoms with Gasteiger partial charge in [0.25, 0.3) is 0 Å². The van der Waals surface area contributed by atoms with Crippen molar-refractivity contribution in [3.8, 4) is 5.88 Å². The van der Waals surface area contributed by atoms with Crippen molar-refractivity contribution in [2.24, 2.45) is 5.11 Å². The van der Waals surface area contributed by atoms with Gasteiger partial charge < -0.3 is 4.74 Å². The predicted molar refractivity (Wildman–Crippen MR) is 77.9 cm³/mol. The molecule has 2 aromatic heterocycles. The Labute approximate surface area is 121 Å². The van der Waals surface area contributed by atoms with Crippen molar-refractivity contribution in [3.63, 3.8) is 0 Å². The first kappa shape index (κ1) is 14.4. The second kappa shape index (κ2) is 5.53. The first-order valence-electron chi connectivity index (χ1n) is 6.13. The molecule has 0 bridgehead atoms. The van der Waals surface area contributed by atoms with Gasteiger partial charge >= 0.3 is 0 Å². The fourth-order valence-electron chi connectivity index (χ4n) is 1.99. The van der Waals surface area contributed by atoms with E-state index in [2.05, 4.69) is 20.0 Å². The SMILES string of the molecule is CCOc1ncc(C(C)(C)N=[N+]=[N-])c2cc(Cl)ncc12. The molecule has 0 saturated carbocycles. The largest absolute Gasteiger partial charge is 0.477 e. The number of ether oxygens (including phenoxy) is 1. The van der Waals surface area contributed by atoms with Crippen LogP contribution in [-0.4, -0.2) is 16.6 Å². The molecule has 6 nitrogen and oxygen atoms in total. The zero-order valence-corrected chi connectivity index (χ0v) is 12.2. The van der Waals surface area contributed by atoms with Crippen molar-refractivity contribution in [3.05, 3.63) is 39.6 Å². The lowest BCUT2D eigenvalue weighted by atomic mass is 9.93. The summed E-state index contributed by atoms with van der Waals surface area (Å²) in [4.78, 5) is 11.2. The van der Waals surface area contributed by atoms with Crippen LogP contribution in [0.3, 0.4) is 0 Å². The lowest BCUT2D eigenvalue weighted by Gasteiger charge is -2.21. The monoisotopic (exact) mass is 291 g/mol. The molecule has 0 atom stereocenters. The molecule has 0 saturated heterocycles. The normalized spacial score (nSPS) is 11.2. The van der Waals surface area contributed by atoms with Crippen LogP contribution >= 0.6 is 11.6 Å². The van der Waals surface area contributed by atoms with Crippen molar-refractivity contribution in [2.45, 2.75) is 26.3 Å². The molecule has 0 N–H and O–H groups in total. The van der Waals surface area contributed by atoms with E-state index in [4.69, 9.17) is 21.9 Å². The highest BCUT2D eigenvalue weighted by Crippen LogP contribution is 2.35. The first-order chi connectivity index (χ1) is 9.49. The summed E-state index contributed by atoms with van der Waals surface area (Å²) in [6, 6.07) is 1.73. The minimum absolute atomic E-state index is 0.365. The van der Waals surface area contributed by atoms with Gasteiger partial charge in [0.2, 0.25) is 5.88 Å². The Morgan fingerprint density at radius 3 is 2.75 bits per heavy atom. The number of hydrogen-bond donors (Lipinski definition) is 0. The topological polar surface area (TPSA) is 83.8 Å². The average molecular weight is 292 g/mol. The fourth-order valence-corrected chi connectivity index (χ4v) is 2.15. The molecule has 7 heteroatoms. The molecule has 0 aromatic carbocycles. The molecule has 0 radical (unpaired) electrons. The van der Waals surface area contributed by atoms with E-state index in [1.807, 2.05) is 20.8 Å². The van der Waals surface area contributed by atoms with Crippen molar-refractivity contribution >= 4 is 22.4 Å². The van der Waals surface area contributed by atoms with Gasteiger partial charge in [0.05, 0.1) is 17.5 Å². The molecule has 20 heavy (non-hydrogen) atoms. The highest BCUT2D eigenvalue weighted by molar-refractivity contribution is 6.30. The standard InChI is InChI=1S/C13H14ClN5O/c1-4-20-12-9-6-16-11(14)5-8(9)10(7-17-12)13(2,3)18-19-15/h5-7H,4H2,1-3H3. The van der Waals surface area contributed by atoms with Gasteiger partial charge in [-0.3, -0.25) is 0 Å². The van der Waals surface area contributed by atoms with Crippen LogP contribution in [0.2, 0.25) is 5.15 Å². The van der Waals surface area contributed by atoms with E-state index in [0.29, 0.717) is 17.6 Å². The fraction of sp³-hybridized carbons (Fsp3) is 0.385. The second-order valence-electron chi connectivity index (χ2n) is 4.71. The van der Waals surface area contributed by atoms with Crippen LogP contribution in [-0.2, 0) is 5.54 Å². The summed E-state index contributed by atoms with van der Waals surface area (Å²) in [5, 5.41) is 5.75. The van der Waals surface area contributed by atoms with Crippen molar-refractivity contribution in [2.75, 3.05) is 6.61 Å². The van der Waals surface area contributed by atoms with Crippen LogP contribution in [0.25, 0.3) is 21.2 Å². The number of azide groups is 1. The average Bonchev–Trinajstić information content (AvgIpc) is 2.38. The Morgan fingerprint density at radius 2 is 2.10 bits per heavy atom. The third kappa shape index (κ3) is 2.61. The Hall–Kier alpha value is -2.04. The number of rotatable bonds is 4. The summed E-state index contributed by atoms with van der Waals surface area (Å²) < 4.78 is 5.49. The summed E-state index contributed by atoms with van der Waals surface area (Å²) in [6.45, 7) is 6.02. The first-order valence-corrected chi connectivity index (χ1v) is 6.51. The van der Waals surface area contributed by atoms with E-state index in [1.54, 1.807) is 18.5 Å². The zero-order chi connectivity index (χ0) is 14.8. The second-order valence-corrected chi connectivity index (χ2v) is 5.10. The van der Waals surface area contributed by atoms with Gasteiger partial charge in [-0.1, -0.05) is 30.6 Å². The van der Waals surface area contributed by atoms with E-state index >= 15 is 0 Å². The van der Waals surface area contributed by atoms with Crippen LogP contribution in [0.15, 0.2) is 23.6 Å². The minimum atomic E-state index is -0.741. The van der Waals surface area contributed by atoms with Crippen LogP contribution in [0.1, 0.15) is 26.3 Å². The van der Waals surface area contributed by atoms with E-state index in [1.165, 1.54) is 0 Å². The number of nitrogens with zero attached hydrogens (tertiary/aromatic N) is 5. The predicted octanol–water partition coefficient (Wildman–Crippen LogP) is 4.23. The molecule has 0 amide bonds. The summed E-state index contributed by atoms with van der Waals surface area (Å²) in [5.74, 6) is 0.493. The molecule has 0 aliphatic rings. The Morgan fingerprint density at radius 1 is 1.35 bits per heavy atom. The highest BCUT2D eigenvalue weighted by Gasteiger charge is 2.23. The Balaban J connectivity index is 2.77. The summed E-state index contributed by atoms with van der Waals surface area (Å²) in [5.41, 5.74) is 8.74. The molecule has 0 spiro atoms. The molecular formula is C13H14ClN5O. The van der Waals surface area contributed by atoms with Crippen molar-refractivity contribution in [1.82, 2.24) is 9.97 Å². The van der Waals surface area contributed by atoms with Gasteiger partial charge in [-0.2, -0.15) is 0 Å². The van der Waals surface area contributed by atoms with Gasteiger partial charge in [-0.05, 0) is 29.5 Å². The quantitative estimate of drug-likeness (QED) is 0.366. The highest BCUT2D eigenvalue weighted by atomic mass is 35.5. The third-order valence-electron chi connectivity index (χ3n) is 2.94. The minimum Gasteiger partial charge on any atom is -0.477 e. The van der Waals surface area contributed by atoms with Gasteiger partial charge in [0.1, 0.15) is 5.15 Å². The zero-order valence-electron chi connectivity index (χ0n) is 11.5.